The first-order valence-corrected chi connectivity index (χ1v) is 5.31. The third-order valence-corrected chi connectivity index (χ3v) is 4.85. The van der Waals surface area contributed by atoms with Gasteiger partial charge in [0.25, 0.3) is 0 Å². The molecule has 1 saturated carbocycles. The van der Waals surface area contributed by atoms with Gasteiger partial charge in [-0.15, -0.1) is 0 Å². The van der Waals surface area contributed by atoms with Gasteiger partial charge >= 0.3 is 0 Å². The number of hydrogen-bond donors (Lipinski definition) is 0. The van der Waals surface area contributed by atoms with E-state index in [4.69, 9.17) is 0 Å². The molecule has 2 rings (SSSR count). The third kappa shape index (κ3) is 0.862. The molecular weight excluding hydrogens is 232 g/mol. The van der Waals surface area contributed by atoms with Gasteiger partial charge in [-0.3, -0.25) is 0 Å². The van der Waals surface area contributed by atoms with E-state index in [-0.39, 0.29) is 5.41 Å². The lowest BCUT2D eigenvalue weighted by Crippen LogP contribution is -2.51. The molecule has 0 aromatic carbocycles. The summed E-state index contributed by atoms with van der Waals surface area (Å²) in [7, 11) is 0. The van der Waals surface area contributed by atoms with Crippen molar-refractivity contribution >= 4 is 21.9 Å². The lowest BCUT2D eigenvalue weighted by Gasteiger charge is -2.48. The quantitative estimate of drug-likeness (QED) is 0.700. The molecule has 0 spiro atoms. The largest absolute Gasteiger partial charge is 0.550 e. The second-order valence-electron chi connectivity index (χ2n) is 4.52. The van der Waals surface area contributed by atoms with Gasteiger partial charge in [0.1, 0.15) is 0 Å². The SMILES string of the molecule is C[C@]12C=C(Br)[C@H]1CC[C@]2(C)C(=O)[O-]. The van der Waals surface area contributed by atoms with Crippen LogP contribution in [-0.4, -0.2) is 5.97 Å². The summed E-state index contributed by atoms with van der Waals surface area (Å²) >= 11 is 3.45. The number of carbonyl (C=O) groups excluding carboxylic acids is 1. The monoisotopic (exact) mass is 243 g/mol. The maximum Gasteiger partial charge on any atom is 0.0482 e. The van der Waals surface area contributed by atoms with E-state index in [1.54, 1.807) is 6.92 Å². The molecule has 0 aliphatic heterocycles. The number of rotatable bonds is 1. The van der Waals surface area contributed by atoms with Crippen molar-refractivity contribution in [2.24, 2.45) is 16.7 Å². The fourth-order valence-electron chi connectivity index (χ4n) is 2.68. The van der Waals surface area contributed by atoms with Crippen LogP contribution in [0.3, 0.4) is 0 Å². The molecule has 0 radical (unpaired) electrons. The Morgan fingerprint density at radius 3 is 2.69 bits per heavy atom. The van der Waals surface area contributed by atoms with E-state index in [1.165, 1.54) is 4.48 Å². The first-order chi connectivity index (χ1) is 5.92. The zero-order chi connectivity index (χ0) is 9.85. The van der Waals surface area contributed by atoms with Crippen molar-refractivity contribution in [3.63, 3.8) is 0 Å². The Morgan fingerprint density at radius 1 is 1.69 bits per heavy atom. The van der Waals surface area contributed by atoms with Crippen LogP contribution in [0.5, 0.6) is 0 Å². The molecule has 0 aromatic heterocycles. The number of allylic oxidation sites excluding steroid dienone is 2. The molecule has 0 N–H and O–H groups in total. The molecule has 0 saturated heterocycles. The number of carboxylic acids is 1. The molecule has 0 unspecified atom stereocenters. The Morgan fingerprint density at radius 2 is 2.31 bits per heavy atom. The fourth-order valence-corrected chi connectivity index (χ4v) is 3.86. The Labute approximate surface area is 86.1 Å². The Kier molecular flexibility index (Phi) is 1.69. The van der Waals surface area contributed by atoms with E-state index < -0.39 is 11.4 Å². The molecule has 0 bridgehead atoms. The Balaban J connectivity index is 2.42. The second kappa shape index (κ2) is 2.38. The van der Waals surface area contributed by atoms with Gasteiger partial charge in [0.05, 0.1) is 0 Å². The second-order valence-corrected chi connectivity index (χ2v) is 5.44. The van der Waals surface area contributed by atoms with Gasteiger partial charge in [-0.1, -0.05) is 35.9 Å². The molecule has 0 heterocycles. The van der Waals surface area contributed by atoms with Crippen LogP contribution in [0.25, 0.3) is 0 Å². The van der Waals surface area contributed by atoms with Crippen molar-refractivity contribution in [1.29, 1.82) is 0 Å². The van der Waals surface area contributed by atoms with E-state index in [2.05, 4.69) is 15.9 Å². The van der Waals surface area contributed by atoms with Crippen LogP contribution >= 0.6 is 15.9 Å². The predicted octanol–water partition coefficient (Wildman–Crippen LogP) is 1.45. The van der Waals surface area contributed by atoms with E-state index in [9.17, 15) is 9.90 Å². The summed E-state index contributed by atoms with van der Waals surface area (Å²) in [6.07, 6.45) is 3.71. The van der Waals surface area contributed by atoms with Gasteiger partial charge in [-0.05, 0) is 23.2 Å². The molecule has 2 nitrogen and oxygen atoms in total. The predicted molar refractivity (Wildman–Crippen MR) is 51.0 cm³/mol. The van der Waals surface area contributed by atoms with E-state index in [1.807, 2.05) is 13.0 Å². The average molecular weight is 244 g/mol. The van der Waals surface area contributed by atoms with Gasteiger partial charge in [0, 0.05) is 16.8 Å². The molecule has 0 amide bonds. The van der Waals surface area contributed by atoms with E-state index in [0.29, 0.717) is 5.92 Å². The van der Waals surface area contributed by atoms with Crippen LogP contribution in [0.1, 0.15) is 26.7 Å². The van der Waals surface area contributed by atoms with Crippen molar-refractivity contribution < 1.29 is 9.90 Å². The molecule has 3 atom stereocenters. The number of halogens is 1. The average Bonchev–Trinajstić information content (AvgIpc) is 2.22. The summed E-state index contributed by atoms with van der Waals surface area (Å²) < 4.78 is 1.17. The molecule has 1 fully saturated rings. The molecule has 13 heavy (non-hydrogen) atoms. The Hall–Kier alpha value is -0.310. The Bertz CT molecular complexity index is 310. The van der Waals surface area contributed by atoms with Gasteiger partial charge in [-0.25, -0.2) is 0 Å². The van der Waals surface area contributed by atoms with E-state index in [0.717, 1.165) is 12.8 Å². The molecule has 2 aliphatic rings. The number of carbonyl (C=O) groups is 1. The zero-order valence-electron chi connectivity index (χ0n) is 7.76. The van der Waals surface area contributed by atoms with Crippen molar-refractivity contribution in [2.45, 2.75) is 26.7 Å². The molecular formula is C10H12BrO2-. The molecule has 2 aliphatic carbocycles. The standard InChI is InChI=1S/C10H13BrO2/c1-9(8(12)13)4-3-6-7(11)5-10(6,9)2/h5-6H,3-4H2,1-2H3,(H,12,13)/p-1/t6-,9-,10+/m1/s1. The molecule has 0 aromatic rings. The highest BCUT2D eigenvalue weighted by molar-refractivity contribution is 9.11. The summed E-state index contributed by atoms with van der Waals surface area (Å²) in [5.74, 6) is -0.510. The highest BCUT2D eigenvalue weighted by atomic mass is 79.9. The first-order valence-electron chi connectivity index (χ1n) is 4.51. The number of aliphatic carboxylic acids is 1. The number of hydrogen-bond acceptors (Lipinski definition) is 2. The number of fused-ring (bicyclic) bond motifs is 1. The maximum atomic E-state index is 11.1. The van der Waals surface area contributed by atoms with Crippen molar-refractivity contribution in [2.75, 3.05) is 0 Å². The minimum Gasteiger partial charge on any atom is -0.550 e. The van der Waals surface area contributed by atoms with Crippen LogP contribution < -0.4 is 5.11 Å². The molecule has 72 valence electrons. The van der Waals surface area contributed by atoms with Gasteiger partial charge < -0.3 is 9.90 Å². The highest BCUT2D eigenvalue weighted by Crippen LogP contribution is 2.66. The minimum atomic E-state index is -0.909. The smallest absolute Gasteiger partial charge is 0.0482 e. The van der Waals surface area contributed by atoms with E-state index >= 15 is 0 Å². The lowest BCUT2D eigenvalue weighted by molar-refractivity contribution is -0.322. The van der Waals surface area contributed by atoms with Gasteiger partial charge in [0.2, 0.25) is 0 Å². The third-order valence-electron chi connectivity index (χ3n) is 4.07. The van der Waals surface area contributed by atoms with Crippen LogP contribution in [0, 0.1) is 16.7 Å². The summed E-state index contributed by atoms with van der Waals surface area (Å²) in [6, 6.07) is 0. The summed E-state index contributed by atoms with van der Waals surface area (Å²) in [6.45, 7) is 3.82. The summed E-state index contributed by atoms with van der Waals surface area (Å²) in [5.41, 5.74) is -0.862. The van der Waals surface area contributed by atoms with Crippen LogP contribution in [0.4, 0.5) is 0 Å². The number of carboxylic acid groups (broad SMARTS) is 1. The first kappa shape index (κ1) is 9.25. The van der Waals surface area contributed by atoms with Crippen molar-refractivity contribution in [1.82, 2.24) is 0 Å². The minimum absolute atomic E-state index is 0.190. The lowest BCUT2D eigenvalue weighted by atomic mass is 9.59. The normalized spacial score (nSPS) is 47.9. The van der Waals surface area contributed by atoms with Crippen LogP contribution in [0.15, 0.2) is 10.6 Å². The fraction of sp³-hybridized carbons (Fsp3) is 0.700. The zero-order valence-corrected chi connectivity index (χ0v) is 9.35. The molecule has 3 heteroatoms. The summed E-state index contributed by atoms with van der Waals surface area (Å²) in [5, 5.41) is 11.1. The maximum absolute atomic E-state index is 11.1. The van der Waals surface area contributed by atoms with Crippen LogP contribution in [0.2, 0.25) is 0 Å². The van der Waals surface area contributed by atoms with Crippen molar-refractivity contribution in [3.8, 4) is 0 Å². The van der Waals surface area contributed by atoms with Gasteiger partial charge in [-0.2, -0.15) is 0 Å². The highest BCUT2D eigenvalue weighted by Gasteiger charge is 2.59. The van der Waals surface area contributed by atoms with Crippen LogP contribution in [-0.2, 0) is 4.79 Å². The topological polar surface area (TPSA) is 40.1 Å². The van der Waals surface area contributed by atoms with Gasteiger partial charge in [0.15, 0.2) is 0 Å². The summed E-state index contributed by atoms with van der Waals surface area (Å²) in [4.78, 5) is 11.1. The van der Waals surface area contributed by atoms with Crippen molar-refractivity contribution in [3.05, 3.63) is 10.6 Å².